The Morgan fingerprint density at radius 3 is 2.57 bits per heavy atom. The Bertz CT molecular complexity index is 993. The molecule has 2 aliphatic carbocycles. The van der Waals surface area contributed by atoms with Crippen molar-refractivity contribution in [3.63, 3.8) is 0 Å². The molecule has 3 aromatic rings. The number of carboxylic acids is 1. The largest absolute Gasteiger partial charge is 0.478 e. The number of carbonyl (C=O) groups is 1. The zero-order chi connectivity index (χ0) is 19.1. The Kier molecular flexibility index (Phi) is 4.02. The number of carboxylic acid groups (broad SMARTS) is 1. The maximum atomic E-state index is 11.0. The topological polar surface area (TPSA) is 88.2 Å². The van der Waals surface area contributed by atoms with E-state index in [1.807, 2.05) is 0 Å². The molecule has 2 aliphatic rings. The van der Waals surface area contributed by atoms with Gasteiger partial charge in [0, 0.05) is 29.5 Å². The second-order valence-electron chi connectivity index (χ2n) is 7.83. The van der Waals surface area contributed by atoms with Crippen LogP contribution < -0.4 is 5.32 Å². The van der Waals surface area contributed by atoms with E-state index in [2.05, 4.69) is 45.8 Å². The highest BCUT2D eigenvalue weighted by Crippen LogP contribution is 2.48. The van der Waals surface area contributed by atoms with E-state index < -0.39 is 5.97 Å². The summed E-state index contributed by atoms with van der Waals surface area (Å²) < 4.78 is 5.45. The van der Waals surface area contributed by atoms with Gasteiger partial charge in [-0.3, -0.25) is 0 Å². The summed E-state index contributed by atoms with van der Waals surface area (Å²) in [6, 6.07) is 17.7. The van der Waals surface area contributed by atoms with Crippen LogP contribution in [0.4, 0.5) is 0 Å². The van der Waals surface area contributed by atoms with E-state index in [0.717, 1.165) is 30.8 Å². The maximum absolute atomic E-state index is 11.0. The van der Waals surface area contributed by atoms with E-state index in [4.69, 9.17) is 9.63 Å². The molecule has 142 valence electrons. The van der Waals surface area contributed by atoms with Crippen molar-refractivity contribution in [2.45, 2.75) is 36.6 Å². The van der Waals surface area contributed by atoms with Crippen molar-refractivity contribution in [3.8, 4) is 11.5 Å². The smallest absolute Gasteiger partial charge is 0.335 e. The van der Waals surface area contributed by atoms with E-state index in [1.54, 1.807) is 24.3 Å². The Hall–Kier alpha value is -2.99. The number of nitrogens with one attached hydrogen (secondary N) is 1. The van der Waals surface area contributed by atoms with Crippen LogP contribution in [0.25, 0.3) is 11.5 Å². The second-order valence-corrected chi connectivity index (χ2v) is 7.83. The lowest BCUT2D eigenvalue weighted by Crippen LogP contribution is -2.30. The lowest BCUT2D eigenvalue weighted by Gasteiger charge is -2.12. The quantitative estimate of drug-likeness (QED) is 0.656. The molecule has 0 radical (unpaired) electrons. The van der Waals surface area contributed by atoms with Crippen LogP contribution in [0.1, 0.15) is 46.9 Å². The molecular weight excluding hydrogens is 354 g/mol. The Balaban J connectivity index is 1.24. The summed E-state index contributed by atoms with van der Waals surface area (Å²) in [7, 11) is 0. The minimum Gasteiger partial charge on any atom is -0.478 e. The number of benzene rings is 2. The van der Waals surface area contributed by atoms with E-state index in [9.17, 15) is 4.79 Å². The Morgan fingerprint density at radius 1 is 1.14 bits per heavy atom. The molecule has 2 fully saturated rings. The predicted molar refractivity (Wildman–Crippen MR) is 103 cm³/mol. The van der Waals surface area contributed by atoms with Crippen molar-refractivity contribution in [3.05, 3.63) is 71.5 Å². The van der Waals surface area contributed by atoms with Crippen LogP contribution in [0, 0.1) is 0 Å². The molecule has 0 bridgehead atoms. The van der Waals surface area contributed by atoms with Crippen molar-refractivity contribution >= 4 is 5.97 Å². The van der Waals surface area contributed by atoms with Crippen LogP contribution in [0.3, 0.4) is 0 Å². The fraction of sp³-hybridized carbons (Fsp3) is 0.318. The molecular formula is C22H21N3O3. The SMILES string of the molecule is O=C(O)c1ccc(-c2nc(C3(CN[C@H]4C[C@@H]4c4ccccc4)CC3)no2)cc1. The standard InChI is InChI=1S/C22H21N3O3/c26-20(27)16-8-6-15(7-9-16)19-24-21(25-28-19)22(10-11-22)13-23-18-12-17(18)14-4-2-1-3-5-14/h1-9,17-18,23H,10-13H2,(H,26,27)/t17-,18+/m1/s1. The van der Waals surface area contributed by atoms with Gasteiger partial charge < -0.3 is 14.9 Å². The van der Waals surface area contributed by atoms with Crippen molar-refractivity contribution in [1.29, 1.82) is 0 Å². The minimum absolute atomic E-state index is 0.0351. The summed E-state index contributed by atoms with van der Waals surface area (Å²) in [5, 5.41) is 16.9. The molecule has 2 N–H and O–H groups in total. The van der Waals surface area contributed by atoms with E-state index in [-0.39, 0.29) is 11.0 Å². The number of hydrogen-bond donors (Lipinski definition) is 2. The molecule has 2 atom stereocenters. The lowest BCUT2D eigenvalue weighted by molar-refractivity contribution is 0.0697. The number of hydrogen-bond acceptors (Lipinski definition) is 5. The molecule has 0 unspecified atom stereocenters. The van der Waals surface area contributed by atoms with Crippen LogP contribution in [-0.2, 0) is 5.41 Å². The predicted octanol–water partition coefficient (Wildman–Crippen LogP) is 3.61. The second kappa shape index (κ2) is 6.56. The van der Waals surface area contributed by atoms with Gasteiger partial charge in [0.1, 0.15) is 0 Å². The minimum atomic E-state index is -0.949. The summed E-state index contributed by atoms with van der Waals surface area (Å²) in [5.74, 6) is 0.834. The zero-order valence-corrected chi connectivity index (χ0v) is 15.3. The first-order valence-electron chi connectivity index (χ1n) is 9.61. The summed E-state index contributed by atoms with van der Waals surface area (Å²) in [5.41, 5.74) is 2.34. The Labute approximate surface area is 162 Å². The first-order chi connectivity index (χ1) is 13.6. The van der Waals surface area contributed by atoms with Crippen molar-refractivity contribution in [2.24, 2.45) is 0 Å². The van der Waals surface area contributed by atoms with Crippen molar-refractivity contribution < 1.29 is 14.4 Å². The average Bonchev–Trinajstić information content (AvgIpc) is 3.64. The van der Waals surface area contributed by atoms with Crippen LogP contribution in [0.2, 0.25) is 0 Å². The van der Waals surface area contributed by atoms with Gasteiger partial charge in [-0.25, -0.2) is 4.79 Å². The van der Waals surface area contributed by atoms with Gasteiger partial charge in [-0.15, -0.1) is 0 Å². The van der Waals surface area contributed by atoms with E-state index >= 15 is 0 Å². The summed E-state index contributed by atoms with van der Waals surface area (Å²) >= 11 is 0. The van der Waals surface area contributed by atoms with Gasteiger partial charge in [0.05, 0.1) is 5.56 Å². The van der Waals surface area contributed by atoms with Gasteiger partial charge in [0.2, 0.25) is 0 Å². The van der Waals surface area contributed by atoms with Gasteiger partial charge >= 0.3 is 5.97 Å². The monoisotopic (exact) mass is 375 g/mol. The lowest BCUT2D eigenvalue weighted by atomic mass is 10.1. The molecule has 2 aromatic carbocycles. The molecule has 6 nitrogen and oxygen atoms in total. The maximum Gasteiger partial charge on any atom is 0.335 e. The van der Waals surface area contributed by atoms with Gasteiger partial charge in [-0.1, -0.05) is 35.5 Å². The number of rotatable bonds is 7. The highest BCUT2D eigenvalue weighted by Gasteiger charge is 2.50. The van der Waals surface area contributed by atoms with Gasteiger partial charge in [-0.2, -0.15) is 4.98 Å². The van der Waals surface area contributed by atoms with Crippen molar-refractivity contribution in [2.75, 3.05) is 6.54 Å². The number of aromatic carboxylic acids is 1. The zero-order valence-electron chi connectivity index (χ0n) is 15.3. The molecule has 2 saturated carbocycles. The molecule has 6 heteroatoms. The normalized spacial score (nSPS) is 22.0. The summed E-state index contributed by atoms with van der Waals surface area (Å²) in [6.45, 7) is 0.859. The van der Waals surface area contributed by atoms with Gasteiger partial charge in [0.25, 0.3) is 5.89 Å². The van der Waals surface area contributed by atoms with Crippen LogP contribution in [0.5, 0.6) is 0 Å². The third-order valence-corrected chi connectivity index (χ3v) is 5.85. The van der Waals surface area contributed by atoms with Crippen molar-refractivity contribution in [1.82, 2.24) is 15.5 Å². The Morgan fingerprint density at radius 2 is 1.89 bits per heavy atom. The molecule has 1 heterocycles. The fourth-order valence-corrected chi connectivity index (χ4v) is 3.76. The highest BCUT2D eigenvalue weighted by atomic mass is 16.5. The first-order valence-corrected chi connectivity index (χ1v) is 9.61. The molecule has 0 saturated heterocycles. The highest BCUT2D eigenvalue weighted by molar-refractivity contribution is 5.88. The number of aromatic nitrogens is 2. The third-order valence-electron chi connectivity index (χ3n) is 5.85. The molecule has 1 aromatic heterocycles. The number of nitrogens with zero attached hydrogens (tertiary/aromatic N) is 2. The van der Waals surface area contributed by atoms with Crippen LogP contribution in [0.15, 0.2) is 59.1 Å². The average molecular weight is 375 g/mol. The van der Waals surface area contributed by atoms with Gasteiger partial charge in [0.15, 0.2) is 5.82 Å². The molecule has 0 aliphatic heterocycles. The molecule has 5 rings (SSSR count). The van der Waals surface area contributed by atoms with E-state index in [0.29, 0.717) is 17.9 Å². The van der Waals surface area contributed by atoms with Crippen LogP contribution >= 0.6 is 0 Å². The van der Waals surface area contributed by atoms with Gasteiger partial charge in [-0.05, 0) is 49.1 Å². The molecule has 0 spiro atoms. The van der Waals surface area contributed by atoms with E-state index in [1.165, 1.54) is 12.0 Å². The fourth-order valence-electron chi connectivity index (χ4n) is 3.76. The van der Waals surface area contributed by atoms with Crippen LogP contribution in [-0.4, -0.2) is 33.8 Å². The molecule has 0 amide bonds. The summed E-state index contributed by atoms with van der Waals surface area (Å²) in [4.78, 5) is 15.6. The summed E-state index contributed by atoms with van der Waals surface area (Å²) in [6.07, 6.45) is 3.28. The third kappa shape index (κ3) is 3.20. The first kappa shape index (κ1) is 17.1. The molecule has 28 heavy (non-hydrogen) atoms.